The van der Waals surface area contributed by atoms with E-state index < -0.39 is 0 Å². The summed E-state index contributed by atoms with van der Waals surface area (Å²) in [5.74, 6) is 1.76. The summed E-state index contributed by atoms with van der Waals surface area (Å²) in [7, 11) is 0. The summed E-state index contributed by atoms with van der Waals surface area (Å²) in [6, 6.07) is 11.1. The van der Waals surface area contributed by atoms with Gasteiger partial charge in [0.25, 0.3) is 0 Å². The lowest BCUT2D eigenvalue weighted by atomic mass is 10.1. The monoisotopic (exact) mass is 239 g/mol. The molecule has 2 aromatic rings. The Morgan fingerprint density at radius 2 is 1.78 bits per heavy atom. The van der Waals surface area contributed by atoms with E-state index in [-0.39, 0.29) is 0 Å². The van der Waals surface area contributed by atoms with Crippen LogP contribution in [0.3, 0.4) is 0 Å². The molecule has 1 N–H and O–H groups in total. The van der Waals surface area contributed by atoms with Crippen LogP contribution < -0.4 is 5.32 Å². The van der Waals surface area contributed by atoms with Gasteiger partial charge >= 0.3 is 0 Å². The van der Waals surface area contributed by atoms with Crippen LogP contribution in [0.2, 0.25) is 0 Å². The average Bonchev–Trinajstić information content (AvgIpc) is 3.13. The maximum absolute atomic E-state index is 4.51. The third-order valence-electron chi connectivity index (χ3n) is 3.11. The molecule has 0 unspecified atom stereocenters. The minimum atomic E-state index is 0.616. The highest BCUT2D eigenvalue weighted by Crippen LogP contribution is 2.26. The fourth-order valence-corrected chi connectivity index (χ4v) is 1.95. The Kier molecular flexibility index (Phi) is 2.74. The van der Waals surface area contributed by atoms with Crippen LogP contribution in [-0.4, -0.2) is 16.0 Å². The fourth-order valence-electron chi connectivity index (χ4n) is 1.95. The highest BCUT2D eigenvalue weighted by atomic mass is 15.1. The molecular formula is C15H17N3. The van der Waals surface area contributed by atoms with Gasteiger partial charge in [0, 0.05) is 17.7 Å². The summed E-state index contributed by atoms with van der Waals surface area (Å²) in [6.45, 7) is 4.03. The maximum Gasteiger partial charge on any atom is 0.130 e. The minimum Gasteiger partial charge on any atom is -0.367 e. The topological polar surface area (TPSA) is 37.8 Å². The van der Waals surface area contributed by atoms with Gasteiger partial charge in [-0.1, -0.05) is 29.8 Å². The summed E-state index contributed by atoms with van der Waals surface area (Å²) >= 11 is 0. The molecule has 3 nitrogen and oxygen atoms in total. The highest BCUT2D eigenvalue weighted by Gasteiger charge is 2.21. The van der Waals surface area contributed by atoms with E-state index >= 15 is 0 Å². The van der Waals surface area contributed by atoms with Gasteiger partial charge in [-0.3, -0.25) is 0 Å². The van der Waals surface area contributed by atoms with E-state index in [1.165, 1.54) is 18.4 Å². The maximum atomic E-state index is 4.51. The molecule has 1 aromatic heterocycles. The molecular weight excluding hydrogens is 222 g/mol. The smallest absolute Gasteiger partial charge is 0.130 e. The van der Waals surface area contributed by atoms with E-state index in [2.05, 4.69) is 46.5 Å². The van der Waals surface area contributed by atoms with E-state index in [1.807, 2.05) is 13.0 Å². The number of benzene rings is 1. The Hall–Kier alpha value is -1.90. The predicted molar refractivity (Wildman–Crippen MR) is 73.6 cm³/mol. The average molecular weight is 239 g/mol. The molecule has 0 radical (unpaired) electrons. The number of nitrogens with one attached hydrogen (secondary N) is 1. The number of aromatic nitrogens is 2. The van der Waals surface area contributed by atoms with E-state index in [9.17, 15) is 0 Å². The van der Waals surface area contributed by atoms with Crippen LogP contribution in [0.4, 0.5) is 5.82 Å². The van der Waals surface area contributed by atoms with Crippen LogP contribution in [0.15, 0.2) is 30.3 Å². The van der Waals surface area contributed by atoms with Crippen molar-refractivity contribution in [1.29, 1.82) is 0 Å². The van der Waals surface area contributed by atoms with Crippen molar-refractivity contribution in [3.63, 3.8) is 0 Å². The highest BCUT2D eigenvalue weighted by molar-refractivity contribution is 5.63. The van der Waals surface area contributed by atoms with Gasteiger partial charge in [-0.05, 0) is 26.7 Å². The van der Waals surface area contributed by atoms with Gasteiger partial charge in [-0.25, -0.2) is 9.97 Å². The summed E-state index contributed by atoms with van der Waals surface area (Å²) in [5, 5.41) is 3.43. The molecule has 3 rings (SSSR count). The van der Waals surface area contributed by atoms with Gasteiger partial charge in [0.2, 0.25) is 0 Å². The third-order valence-corrected chi connectivity index (χ3v) is 3.11. The molecule has 1 saturated carbocycles. The normalized spacial score (nSPS) is 14.6. The van der Waals surface area contributed by atoms with Crippen molar-refractivity contribution in [3.05, 3.63) is 41.7 Å². The zero-order valence-corrected chi connectivity index (χ0v) is 10.8. The summed E-state index contributed by atoms with van der Waals surface area (Å²) in [4.78, 5) is 8.95. The molecule has 1 fully saturated rings. The zero-order valence-electron chi connectivity index (χ0n) is 10.8. The standard InChI is InChI=1S/C15H17N3/c1-10-3-5-12(6-4-10)14-9-15(17-11(2)16-14)18-13-7-8-13/h3-6,9,13H,7-8H2,1-2H3,(H,16,17,18). The lowest BCUT2D eigenvalue weighted by molar-refractivity contribution is 1.03. The number of hydrogen-bond donors (Lipinski definition) is 1. The van der Waals surface area contributed by atoms with Gasteiger partial charge < -0.3 is 5.32 Å². The number of rotatable bonds is 3. The zero-order chi connectivity index (χ0) is 12.5. The van der Waals surface area contributed by atoms with Crippen molar-refractivity contribution < 1.29 is 0 Å². The first-order valence-electron chi connectivity index (χ1n) is 6.40. The second-order valence-electron chi connectivity index (χ2n) is 4.97. The van der Waals surface area contributed by atoms with Crippen LogP contribution in [0.1, 0.15) is 24.2 Å². The van der Waals surface area contributed by atoms with Crippen molar-refractivity contribution in [1.82, 2.24) is 9.97 Å². The SMILES string of the molecule is Cc1ccc(-c2cc(NC3CC3)nc(C)n2)cc1. The Morgan fingerprint density at radius 1 is 1.06 bits per heavy atom. The number of nitrogens with zero attached hydrogens (tertiary/aromatic N) is 2. The lowest BCUT2D eigenvalue weighted by Gasteiger charge is -2.08. The molecule has 92 valence electrons. The van der Waals surface area contributed by atoms with Crippen molar-refractivity contribution in [2.75, 3.05) is 5.32 Å². The second kappa shape index (κ2) is 4.41. The molecule has 0 amide bonds. The number of anilines is 1. The Labute approximate surface area is 107 Å². The molecule has 1 aromatic carbocycles. The van der Waals surface area contributed by atoms with Gasteiger partial charge in [0.1, 0.15) is 11.6 Å². The molecule has 3 heteroatoms. The first-order valence-corrected chi connectivity index (χ1v) is 6.40. The summed E-state index contributed by atoms with van der Waals surface area (Å²) < 4.78 is 0. The Bertz CT molecular complexity index is 556. The fraction of sp³-hybridized carbons (Fsp3) is 0.333. The first kappa shape index (κ1) is 11.2. The molecule has 0 aliphatic heterocycles. The molecule has 18 heavy (non-hydrogen) atoms. The minimum absolute atomic E-state index is 0.616. The van der Waals surface area contributed by atoms with Crippen LogP contribution in [-0.2, 0) is 0 Å². The van der Waals surface area contributed by atoms with Gasteiger partial charge in [0.15, 0.2) is 0 Å². The van der Waals surface area contributed by atoms with E-state index in [0.29, 0.717) is 6.04 Å². The van der Waals surface area contributed by atoms with Crippen LogP contribution in [0.25, 0.3) is 11.3 Å². The number of hydrogen-bond acceptors (Lipinski definition) is 3. The van der Waals surface area contributed by atoms with Gasteiger partial charge in [-0.2, -0.15) is 0 Å². The molecule has 0 bridgehead atoms. The van der Waals surface area contributed by atoms with Gasteiger partial charge in [0.05, 0.1) is 5.69 Å². The van der Waals surface area contributed by atoms with Crippen molar-refractivity contribution in [3.8, 4) is 11.3 Å². The molecule has 1 heterocycles. The third kappa shape index (κ3) is 2.50. The van der Waals surface area contributed by atoms with Gasteiger partial charge in [-0.15, -0.1) is 0 Å². The van der Waals surface area contributed by atoms with E-state index in [1.54, 1.807) is 0 Å². The number of aryl methyl sites for hydroxylation is 2. The van der Waals surface area contributed by atoms with Crippen molar-refractivity contribution in [2.45, 2.75) is 32.7 Å². The summed E-state index contributed by atoms with van der Waals surface area (Å²) in [6.07, 6.45) is 2.51. The lowest BCUT2D eigenvalue weighted by Crippen LogP contribution is -2.05. The van der Waals surface area contributed by atoms with Crippen LogP contribution >= 0.6 is 0 Å². The first-order chi connectivity index (χ1) is 8.70. The van der Waals surface area contributed by atoms with Crippen LogP contribution in [0, 0.1) is 13.8 Å². The Morgan fingerprint density at radius 3 is 2.44 bits per heavy atom. The van der Waals surface area contributed by atoms with E-state index in [0.717, 1.165) is 22.9 Å². The predicted octanol–water partition coefficient (Wildman–Crippen LogP) is 3.33. The molecule has 1 aliphatic rings. The van der Waals surface area contributed by atoms with Crippen molar-refractivity contribution >= 4 is 5.82 Å². The van der Waals surface area contributed by atoms with Crippen molar-refractivity contribution in [2.24, 2.45) is 0 Å². The Balaban J connectivity index is 1.94. The van der Waals surface area contributed by atoms with E-state index in [4.69, 9.17) is 0 Å². The second-order valence-corrected chi connectivity index (χ2v) is 4.97. The molecule has 0 atom stereocenters. The molecule has 0 spiro atoms. The molecule has 1 aliphatic carbocycles. The summed E-state index contributed by atoms with van der Waals surface area (Å²) in [5.41, 5.74) is 3.40. The quantitative estimate of drug-likeness (QED) is 0.892. The largest absolute Gasteiger partial charge is 0.367 e. The molecule has 0 saturated heterocycles. The van der Waals surface area contributed by atoms with Crippen LogP contribution in [0.5, 0.6) is 0 Å².